The first-order chi connectivity index (χ1) is 14.0. The molecule has 0 aliphatic carbocycles. The van der Waals surface area contributed by atoms with Gasteiger partial charge in [0.1, 0.15) is 23.3 Å². The van der Waals surface area contributed by atoms with Crippen LogP contribution in [0.3, 0.4) is 0 Å². The number of ether oxygens (including phenoxy) is 2. The van der Waals surface area contributed by atoms with Crippen LogP contribution < -0.4 is 5.32 Å². The molecule has 1 unspecified atom stereocenters. The summed E-state index contributed by atoms with van der Waals surface area (Å²) in [5.41, 5.74) is 0.925. The number of nitrogens with zero attached hydrogens (tertiary/aromatic N) is 1. The molecule has 2 aliphatic rings. The molecule has 0 bridgehead atoms. The van der Waals surface area contributed by atoms with Crippen molar-refractivity contribution in [2.75, 3.05) is 32.8 Å². The smallest absolute Gasteiger partial charge is 0.407 e. The van der Waals surface area contributed by atoms with Crippen LogP contribution in [0.15, 0.2) is 48.5 Å². The minimum Gasteiger partial charge on any atom is -0.441 e. The number of benzene rings is 2. The number of rotatable bonds is 6. The van der Waals surface area contributed by atoms with E-state index in [0.717, 1.165) is 37.6 Å². The monoisotopic (exact) mass is 402 g/mol. The minimum atomic E-state index is -0.620. The van der Waals surface area contributed by atoms with Gasteiger partial charge in [-0.2, -0.15) is 0 Å². The van der Waals surface area contributed by atoms with Crippen molar-refractivity contribution in [2.24, 2.45) is 0 Å². The van der Waals surface area contributed by atoms with Gasteiger partial charge in [-0.15, -0.1) is 0 Å². The standard InChI is InChI=1S/C22H24F2N2O3/c23-18-12-17(13-19(24)14-18)20(16-4-2-1-3-5-16)28-11-10-26-8-6-22(7-9-26)15-25-21(27)29-22/h1-5,12-14,20H,6-11,15H2,(H,25,27). The van der Waals surface area contributed by atoms with Crippen LogP contribution >= 0.6 is 0 Å². The number of likely N-dealkylation sites (tertiary alicyclic amines) is 1. The fourth-order valence-electron chi connectivity index (χ4n) is 4.00. The summed E-state index contributed by atoms with van der Waals surface area (Å²) in [5, 5.41) is 2.73. The van der Waals surface area contributed by atoms with Crippen molar-refractivity contribution >= 4 is 6.09 Å². The van der Waals surface area contributed by atoms with Gasteiger partial charge in [0, 0.05) is 38.5 Å². The fraction of sp³-hybridized carbons (Fsp3) is 0.409. The second kappa shape index (κ2) is 8.47. The second-order valence-electron chi connectivity index (χ2n) is 7.63. The lowest BCUT2D eigenvalue weighted by molar-refractivity contribution is -0.0105. The lowest BCUT2D eigenvalue weighted by Crippen LogP contribution is -2.47. The molecule has 2 aromatic rings. The molecule has 5 nitrogen and oxygen atoms in total. The Morgan fingerprint density at radius 3 is 2.38 bits per heavy atom. The third-order valence-electron chi connectivity index (χ3n) is 5.61. The summed E-state index contributed by atoms with van der Waals surface area (Å²) in [6.07, 6.45) is 0.679. The van der Waals surface area contributed by atoms with E-state index in [2.05, 4.69) is 10.2 Å². The maximum atomic E-state index is 13.7. The van der Waals surface area contributed by atoms with E-state index in [1.165, 1.54) is 12.1 Å². The summed E-state index contributed by atoms with van der Waals surface area (Å²) in [7, 11) is 0. The van der Waals surface area contributed by atoms with Gasteiger partial charge >= 0.3 is 6.09 Å². The highest BCUT2D eigenvalue weighted by molar-refractivity contribution is 5.70. The number of piperidine rings is 1. The van der Waals surface area contributed by atoms with E-state index < -0.39 is 17.7 Å². The molecule has 2 aliphatic heterocycles. The fourth-order valence-corrected chi connectivity index (χ4v) is 4.00. The summed E-state index contributed by atoms with van der Waals surface area (Å²) in [6.45, 7) is 3.30. The van der Waals surface area contributed by atoms with Gasteiger partial charge in [-0.3, -0.25) is 0 Å². The van der Waals surface area contributed by atoms with Crippen molar-refractivity contribution in [3.63, 3.8) is 0 Å². The predicted molar refractivity (Wildman–Crippen MR) is 103 cm³/mol. The predicted octanol–water partition coefficient (Wildman–Crippen LogP) is 3.65. The van der Waals surface area contributed by atoms with Gasteiger partial charge in [0.25, 0.3) is 0 Å². The summed E-state index contributed by atoms with van der Waals surface area (Å²) in [4.78, 5) is 13.6. The molecular weight excluding hydrogens is 378 g/mol. The molecule has 0 aromatic heterocycles. The molecule has 154 valence electrons. The molecule has 29 heavy (non-hydrogen) atoms. The summed E-state index contributed by atoms with van der Waals surface area (Å²) < 4.78 is 39.0. The van der Waals surface area contributed by atoms with Crippen LogP contribution in [0.2, 0.25) is 0 Å². The molecule has 4 rings (SSSR count). The number of amides is 1. The summed E-state index contributed by atoms with van der Waals surface area (Å²) in [6, 6.07) is 12.9. The first-order valence-corrected chi connectivity index (χ1v) is 9.85. The number of carbonyl (C=O) groups excluding carboxylic acids is 1. The Morgan fingerprint density at radius 2 is 1.76 bits per heavy atom. The highest BCUT2D eigenvalue weighted by Gasteiger charge is 2.42. The average molecular weight is 402 g/mol. The first-order valence-electron chi connectivity index (χ1n) is 9.85. The van der Waals surface area contributed by atoms with Crippen molar-refractivity contribution < 1.29 is 23.0 Å². The Balaban J connectivity index is 1.37. The number of carbonyl (C=O) groups is 1. The van der Waals surface area contributed by atoms with Gasteiger partial charge in [0.05, 0.1) is 13.2 Å². The van der Waals surface area contributed by atoms with E-state index in [0.29, 0.717) is 25.3 Å². The highest BCUT2D eigenvalue weighted by Crippen LogP contribution is 2.30. The maximum Gasteiger partial charge on any atom is 0.407 e. The third-order valence-corrected chi connectivity index (χ3v) is 5.61. The van der Waals surface area contributed by atoms with Crippen LogP contribution in [0.4, 0.5) is 13.6 Å². The van der Waals surface area contributed by atoms with E-state index in [1.54, 1.807) is 0 Å². The molecule has 1 amide bonds. The zero-order chi connectivity index (χ0) is 20.3. The van der Waals surface area contributed by atoms with E-state index in [4.69, 9.17) is 9.47 Å². The SMILES string of the molecule is O=C1NCC2(CCN(CCOC(c3ccccc3)c3cc(F)cc(F)c3)CC2)O1. The molecule has 2 aromatic carbocycles. The van der Waals surface area contributed by atoms with Gasteiger partial charge < -0.3 is 19.7 Å². The van der Waals surface area contributed by atoms with Gasteiger partial charge in [0.2, 0.25) is 0 Å². The van der Waals surface area contributed by atoms with Crippen LogP contribution in [-0.4, -0.2) is 49.4 Å². The van der Waals surface area contributed by atoms with E-state index in [-0.39, 0.29) is 11.7 Å². The van der Waals surface area contributed by atoms with Gasteiger partial charge in [-0.1, -0.05) is 30.3 Å². The van der Waals surface area contributed by atoms with Crippen molar-refractivity contribution in [3.8, 4) is 0 Å². The molecule has 2 heterocycles. The van der Waals surface area contributed by atoms with Crippen LogP contribution in [0, 0.1) is 11.6 Å². The van der Waals surface area contributed by atoms with Crippen LogP contribution in [0.5, 0.6) is 0 Å². The number of halogens is 2. The van der Waals surface area contributed by atoms with Crippen molar-refractivity contribution in [1.82, 2.24) is 10.2 Å². The molecule has 1 spiro atoms. The molecule has 7 heteroatoms. The molecule has 1 N–H and O–H groups in total. The van der Waals surface area contributed by atoms with E-state index in [1.807, 2.05) is 30.3 Å². The minimum absolute atomic E-state index is 0.338. The molecule has 0 saturated carbocycles. The highest BCUT2D eigenvalue weighted by atomic mass is 19.1. The van der Waals surface area contributed by atoms with Crippen LogP contribution in [0.1, 0.15) is 30.1 Å². The number of hydrogen-bond donors (Lipinski definition) is 1. The number of alkyl carbamates (subject to hydrolysis) is 1. The topological polar surface area (TPSA) is 50.8 Å². The van der Waals surface area contributed by atoms with Crippen LogP contribution in [-0.2, 0) is 9.47 Å². The zero-order valence-corrected chi connectivity index (χ0v) is 16.1. The Morgan fingerprint density at radius 1 is 1.07 bits per heavy atom. The number of nitrogens with one attached hydrogen (secondary N) is 1. The Kier molecular flexibility index (Phi) is 5.78. The molecular formula is C22H24F2N2O3. The zero-order valence-electron chi connectivity index (χ0n) is 16.1. The second-order valence-corrected chi connectivity index (χ2v) is 7.63. The van der Waals surface area contributed by atoms with E-state index in [9.17, 15) is 13.6 Å². The van der Waals surface area contributed by atoms with E-state index >= 15 is 0 Å². The number of hydrogen-bond acceptors (Lipinski definition) is 4. The lowest BCUT2D eigenvalue weighted by Gasteiger charge is -2.37. The van der Waals surface area contributed by atoms with Crippen molar-refractivity contribution in [1.29, 1.82) is 0 Å². The van der Waals surface area contributed by atoms with Gasteiger partial charge in [0.15, 0.2) is 0 Å². The lowest BCUT2D eigenvalue weighted by atomic mass is 9.92. The quantitative estimate of drug-likeness (QED) is 0.802. The molecule has 2 fully saturated rings. The Bertz CT molecular complexity index is 834. The molecule has 2 saturated heterocycles. The van der Waals surface area contributed by atoms with Crippen molar-refractivity contribution in [2.45, 2.75) is 24.5 Å². The first kappa shape index (κ1) is 19.8. The molecule has 0 radical (unpaired) electrons. The van der Waals surface area contributed by atoms with Crippen LogP contribution in [0.25, 0.3) is 0 Å². The summed E-state index contributed by atoms with van der Waals surface area (Å²) >= 11 is 0. The van der Waals surface area contributed by atoms with Gasteiger partial charge in [-0.05, 0) is 23.3 Å². The largest absolute Gasteiger partial charge is 0.441 e. The molecule has 1 atom stereocenters. The Labute approximate surface area is 168 Å². The normalized spacial score (nSPS) is 19.7. The average Bonchev–Trinajstić information content (AvgIpc) is 3.07. The summed E-state index contributed by atoms with van der Waals surface area (Å²) in [5.74, 6) is -1.24. The third kappa shape index (κ3) is 4.74. The maximum absolute atomic E-state index is 13.7. The Hall–Kier alpha value is -2.51. The van der Waals surface area contributed by atoms with Gasteiger partial charge in [-0.25, -0.2) is 13.6 Å². The van der Waals surface area contributed by atoms with Crippen molar-refractivity contribution in [3.05, 3.63) is 71.3 Å².